The zero-order chi connectivity index (χ0) is 23.2. The van der Waals surface area contributed by atoms with Crippen LogP contribution in [0.5, 0.6) is 5.75 Å². The predicted octanol–water partition coefficient (Wildman–Crippen LogP) is 3.16. The van der Waals surface area contributed by atoms with E-state index < -0.39 is 0 Å². The summed E-state index contributed by atoms with van der Waals surface area (Å²) in [5.74, 6) is 2.19. The maximum Gasteiger partial charge on any atom is 0.253 e. The number of aromatic nitrogens is 4. The van der Waals surface area contributed by atoms with Crippen molar-refractivity contribution in [3.63, 3.8) is 0 Å². The molecule has 1 aromatic carbocycles. The van der Waals surface area contributed by atoms with Gasteiger partial charge in [-0.2, -0.15) is 10.1 Å². The Hall–Kier alpha value is -3.36. The molecule has 0 radical (unpaired) electrons. The van der Waals surface area contributed by atoms with Crippen LogP contribution in [-0.2, 0) is 6.54 Å². The Morgan fingerprint density at radius 3 is 2.76 bits per heavy atom. The quantitative estimate of drug-likeness (QED) is 0.570. The topological polar surface area (TPSA) is 111 Å². The van der Waals surface area contributed by atoms with Crippen LogP contribution in [0.1, 0.15) is 48.0 Å². The molecule has 9 heteroatoms. The minimum absolute atomic E-state index is 0.0700. The normalized spacial score (nSPS) is 16.9. The highest BCUT2D eigenvalue weighted by molar-refractivity contribution is 5.94. The molecule has 0 bridgehead atoms. The van der Waals surface area contributed by atoms with Crippen molar-refractivity contribution >= 4 is 28.7 Å². The first-order valence-electron chi connectivity index (χ1n) is 11.5. The van der Waals surface area contributed by atoms with Gasteiger partial charge in [0.2, 0.25) is 5.95 Å². The molecule has 2 aliphatic carbocycles. The number of hydrogen-bond donors (Lipinski definition) is 2. The first kappa shape index (κ1) is 21.5. The van der Waals surface area contributed by atoms with E-state index in [4.69, 9.17) is 10.5 Å². The third-order valence-electron chi connectivity index (χ3n) is 7.18. The number of nitrogens with two attached hydrogens (primary N) is 1. The molecule has 2 aliphatic rings. The van der Waals surface area contributed by atoms with Crippen molar-refractivity contribution in [1.82, 2.24) is 24.6 Å². The fourth-order valence-corrected chi connectivity index (χ4v) is 5.32. The average molecular weight is 450 g/mol. The predicted molar refractivity (Wildman–Crippen MR) is 127 cm³/mol. The van der Waals surface area contributed by atoms with E-state index >= 15 is 0 Å². The molecule has 2 heterocycles. The van der Waals surface area contributed by atoms with E-state index in [1.165, 1.54) is 32.1 Å². The van der Waals surface area contributed by atoms with Crippen molar-refractivity contribution < 1.29 is 9.53 Å². The molecule has 1 spiro atoms. The van der Waals surface area contributed by atoms with Crippen LogP contribution >= 0.6 is 0 Å². The van der Waals surface area contributed by atoms with Gasteiger partial charge in [-0.05, 0) is 49.1 Å². The minimum Gasteiger partial charge on any atom is -0.496 e. The van der Waals surface area contributed by atoms with E-state index in [9.17, 15) is 4.79 Å². The van der Waals surface area contributed by atoms with Crippen molar-refractivity contribution in [1.29, 1.82) is 0 Å². The number of ether oxygens (including phenoxy) is 1. The molecule has 3 N–H and O–H groups in total. The van der Waals surface area contributed by atoms with Crippen molar-refractivity contribution in [2.75, 3.05) is 38.8 Å². The van der Waals surface area contributed by atoms with Crippen molar-refractivity contribution in [2.24, 2.45) is 11.3 Å². The molecule has 3 aromatic rings. The number of benzene rings is 1. The fraction of sp³-hybridized carbons (Fsp3) is 0.500. The van der Waals surface area contributed by atoms with Gasteiger partial charge in [0.1, 0.15) is 16.8 Å². The van der Waals surface area contributed by atoms with Crippen molar-refractivity contribution in [3.05, 3.63) is 35.5 Å². The molecular formula is C24H31N7O2. The van der Waals surface area contributed by atoms with Gasteiger partial charge in [0.25, 0.3) is 5.91 Å². The minimum atomic E-state index is -0.0700. The Labute approximate surface area is 193 Å². The number of anilines is 2. The number of carbonyl (C=O) groups excluding carboxylic acids is 1. The molecule has 9 nitrogen and oxygen atoms in total. The number of rotatable bonds is 7. The van der Waals surface area contributed by atoms with Crippen molar-refractivity contribution in [2.45, 2.75) is 38.6 Å². The van der Waals surface area contributed by atoms with E-state index in [2.05, 4.69) is 20.4 Å². The monoisotopic (exact) mass is 449 g/mol. The van der Waals surface area contributed by atoms with Crippen LogP contribution in [0, 0.1) is 11.3 Å². The maximum absolute atomic E-state index is 12.3. The summed E-state index contributed by atoms with van der Waals surface area (Å²) in [4.78, 5) is 22.7. The van der Waals surface area contributed by atoms with Crippen LogP contribution in [0.2, 0.25) is 0 Å². The molecule has 5 rings (SSSR count). The summed E-state index contributed by atoms with van der Waals surface area (Å²) in [6.45, 7) is 1.33. The highest BCUT2D eigenvalue weighted by atomic mass is 16.5. The van der Waals surface area contributed by atoms with Crippen LogP contribution in [0.15, 0.2) is 24.4 Å². The van der Waals surface area contributed by atoms with Gasteiger partial charge in [-0.25, -0.2) is 4.98 Å². The Morgan fingerprint density at radius 2 is 2.09 bits per heavy atom. The number of nitrogens with zero attached hydrogens (tertiary/aromatic N) is 5. The third-order valence-corrected chi connectivity index (χ3v) is 7.18. The zero-order valence-electron chi connectivity index (χ0n) is 19.5. The lowest BCUT2D eigenvalue weighted by molar-refractivity contribution is -0.0185. The summed E-state index contributed by atoms with van der Waals surface area (Å²) in [6, 6.07) is 5.48. The van der Waals surface area contributed by atoms with Crippen LogP contribution in [0.25, 0.3) is 11.0 Å². The molecule has 2 fully saturated rings. The van der Waals surface area contributed by atoms with Gasteiger partial charge >= 0.3 is 0 Å². The molecule has 1 amide bonds. The number of nitrogens with one attached hydrogen (secondary N) is 1. The standard InChI is InChI=1S/C24H31N7O2/c1-30(2)22(32)16-5-6-17(19(9-16)33-3)14-31-20-18(13-27-31)28-23(25)29-21(20)26-12-15-10-24(11-15)7-4-8-24/h5-6,9,13,15H,4,7-8,10-12,14H2,1-3H3,(H3,25,26,28,29). The largest absolute Gasteiger partial charge is 0.496 e. The molecule has 2 aromatic heterocycles. The van der Waals surface area contributed by atoms with Gasteiger partial charge in [-0.1, -0.05) is 12.5 Å². The molecule has 0 aliphatic heterocycles. The molecule has 0 unspecified atom stereocenters. The molecule has 174 valence electrons. The van der Waals surface area contributed by atoms with E-state index in [0.717, 1.165) is 17.6 Å². The first-order valence-corrected chi connectivity index (χ1v) is 11.5. The van der Waals surface area contributed by atoms with Gasteiger partial charge < -0.3 is 20.7 Å². The van der Waals surface area contributed by atoms with Crippen molar-refractivity contribution in [3.8, 4) is 5.75 Å². The Balaban J connectivity index is 1.39. The Morgan fingerprint density at radius 1 is 1.30 bits per heavy atom. The summed E-state index contributed by atoms with van der Waals surface area (Å²) in [5, 5.41) is 8.07. The number of amides is 1. The summed E-state index contributed by atoms with van der Waals surface area (Å²) in [6.07, 6.45) is 8.48. The Kier molecular flexibility index (Phi) is 5.34. The molecule has 2 saturated carbocycles. The lowest BCUT2D eigenvalue weighted by Crippen LogP contribution is -2.45. The number of carbonyl (C=O) groups is 1. The van der Waals surface area contributed by atoms with E-state index in [-0.39, 0.29) is 11.9 Å². The summed E-state index contributed by atoms with van der Waals surface area (Å²) < 4.78 is 7.44. The highest BCUT2D eigenvalue weighted by Gasteiger charge is 2.47. The summed E-state index contributed by atoms with van der Waals surface area (Å²) in [5.41, 5.74) is 9.62. The molecule has 0 atom stereocenters. The fourth-order valence-electron chi connectivity index (χ4n) is 5.32. The van der Waals surface area contributed by atoms with Gasteiger partial charge in [0.15, 0.2) is 5.82 Å². The number of methoxy groups -OCH3 is 1. The van der Waals surface area contributed by atoms with E-state index in [1.54, 1.807) is 38.4 Å². The Bertz CT molecular complexity index is 1190. The molecule has 0 saturated heterocycles. The average Bonchev–Trinajstić information content (AvgIpc) is 3.13. The smallest absolute Gasteiger partial charge is 0.253 e. The summed E-state index contributed by atoms with van der Waals surface area (Å²) >= 11 is 0. The summed E-state index contributed by atoms with van der Waals surface area (Å²) in [7, 11) is 5.07. The zero-order valence-corrected chi connectivity index (χ0v) is 19.5. The van der Waals surface area contributed by atoms with E-state index in [1.807, 2.05) is 16.8 Å². The van der Waals surface area contributed by atoms with Gasteiger partial charge in [0, 0.05) is 31.8 Å². The first-order chi connectivity index (χ1) is 15.9. The third kappa shape index (κ3) is 3.96. The van der Waals surface area contributed by atoms with Crippen LogP contribution in [0.4, 0.5) is 11.8 Å². The number of fused-ring (bicyclic) bond motifs is 1. The number of hydrogen-bond acceptors (Lipinski definition) is 7. The maximum atomic E-state index is 12.3. The molecular weight excluding hydrogens is 418 g/mol. The van der Waals surface area contributed by atoms with Gasteiger partial charge in [-0.15, -0.1) is 0 Å². The lowest BCUT2D eigenvalue weighted by Gasteiger charge is -2.54. The van der Waals surface area contributed by atoms with E-state index in [0.29, 0.717) is 40.5 Å². The van der Waals surface area contributed by atoms with Crippen LogP contribution < -0.4 is 15.8 Å². The number of nitrogen functional groups attached to an aromatic ring is 1. The molecule has 33 heavy (non-hydrogen) atoms. The van der Waals surface area contributed by atoms with Gasteiger partial charge in [0.05, 0.1) is 19.9 Å². The lowest BCUT2D eigenvalue weighted by atomic mass is 9.52. The van der Waals surface area contributed by atoms with Crippen LogP contribution in [-0.4, -0.2) is 58.3 Å². The SMILES string of the molecule is COc1cc(C(=O)N(C)C)ccc1Cn1ncc2nc(N)nc(NCC3CC4(CCC4)C3)c21. The second-order valence-electron chi connectivity index (χ2n) is 9.70. The highest BCUT2D eigenvalue weighted by Crippen LogP contribution is 2.58. The van der Waals surface area contributed by atoms with Gasteiger partial charge in [-0.3, -0.25) is 9.48 Å². The van der Waals surface area contributed by atoms with Crippen LogP contribution in [0.3, 0.4) is 0 Å². The second kappa shape index (κ2) is 8.20. The second-order valence-corrected chi connectivity index (χ2v) is 9.70.